The first-order valence-corrected chi connectivity index (χ1v) is 5.00. The molecule has 0 aliphatic heterocycles. The van der Waals surface area contributed by atoms with Gasteiger partial charge in [0.1, 0.15) is 0 Å². The van der Waals surface area contributed by atoms with E-state index in [2.05, 4.69) is 20.9 Å². The second kappa shape index (κ2) is 5.15. The third-order valence-corrected chi connectivity index (χ3v) is 2.22. The highest BCUT2D eigenvalue weighted by atomic mass is 79.9. The van der Waals surface area contributed by atoms with E-state index in [1.807, 2.05) is 0 Å². The maximum atomic E-state index is 12.1. The molecule has 1 rings (SSSR count). The smallest absolute Gasteiger partial charge is 0.312 e. The number of alkyl halides is 2. The lowest BCUT2D eigenvalue weighted by Gasteiger charge is -2.17. The molecule has 0 radical (unpaired) electrons. The van der Waals surface area contributed by atoms with E-state index < -0.39 is 17.9 Å². The maximum Gasteiger partial charge on any atom is 0.312 e. The Balaban J connectivity index is 3.07. The van der Waals surface area contributed by atoms with Crippen molar-refractivity contribution in [2.75, 3.05) is 18.5 Å². The molecule has 0 aliphatic rings. The van der Waals surface area contributed by atoms with Crippen molar-refractivity contribution in [1.29, 1.82) is 0 Å². The highest BCUT2D eigenvalue weighted by Crippen LogP contribution is 2.27. The van der Waals surface area contributed by atoms with E-state index in [0.717, 1.165) is 4.90 Å². The van der Waals surface area contributed by atoms with Crippen molar-refractivity contribution in [2.24, 2.45) is 0 Å². The van der Waals surface area contributed by atoms with Gasteiger partial charge in [0, 0.05) is 23.8 Å². The fraction of sp³-hybridized carbons (Fsp3) is 0.375. The average Bonchev–Trinajstić information content (AvgIpc) is 2.16. The Morgan fingerprint density at radius 3 is 2.81 bits per heavy atom. The number of hydrogen-bond donors (Lipinski definition) is 0. The van der Waals surface area contributed by atoms with Crippen LogP contribution in [0.15, 0.2) is 16.7 Å². The van der Waals surface area contributed by atoms with Crippen LogP contribution >= 0.6 is 15.9 Å². The summed E-state index contributed by atoms with van der Waals surface area (Å²) in [5.41, 5.74) is -0.308. The summed E-state index contributed by atoms with van der Waals surface area (Å²) in [6, 6.07) is 1.23. The first kappa shape index (κ1) is 12.8. The Morgan fingerprint density at radius 1 is 1.69 bits per heavy atom. The van der Waals surface area contributed by atoms with Gasteiger partial charge in [0.25, 0.3) is 6.43 Å². The quantitative estimate of drug-likeness (QED) is 0.632. The van der Waals surface area contributed by atoms with Crippen molar-refractivity contribution in [3.8, 4) is 0 Å². The van der Waals surface area contributed by atoms with E-state index >= 15 is 0 Å². The van der Waals surface area contributed by atoms with E-state index in [0.29, 0.717) is 4.47 Å². The molecule has 0 saturated heterocycles. The third-order valence-electron chi connectivity index (χ3n) is 1.78. The summed E-state index contributed by atoms with van der Waals surface area (Å²) in [6.07, 6.45) is -1.25. The fourth-order valence-corrected chi connectivity index (χ4v) is 1.46. The van der Waals surface area contributed by atoms with Gasteiger partial charge in [-0.2, -0.15) is 0 Å². The highest BCUT2D eigenvalue weighted by molar-refractivity contribution is 9.10. The Kier molecular flexibility index (Phi) is 4.11. The minimum absolute atomic E-state index is 0.0755. The first-order valence-electron chi connectivity index (χ1n) is 4.21. The molecule has 0 spiro atoms. The Bertz CT molecular complexity index is 403. The Hall–Kier alpha value is -1.31. The standard InChI is InChI=1S/C8H8BrF2N3O2/c1-13(4-7(10)11)8-6(14(15)16)2-5(9)3-12-8/h2-3,7H,4H2,1H3. The maximum absolute atomic E-state index is 12.1. The van der Waals surface area contributed by atoms with Crippen LogP contribution in [-0.4, -0.2) is 29.9 Å². The largest absolute Gasteiger partial charge is 0.348 e. The summed E-state index contributed by atoms with van der Waals surface area (Å²) in [5.74, 6) is -0.0755. The molecule has 0 amide bonds. The zero-order chi connectivity index (χ0) is 12.3. The molecule has 16 heavy (non-hydrogen) atoms. The van der Waals surface area contributed by atoms with E-state index in [9.17, 15) is 18.9 Å². The normalized spacial score (nSPS) is 10.6. The van der Waals surface area contributed by atoms with Crippen LogP contribution in [0.2, 0.25) is 0 Å². The molecule has 0 atom stereocenters. The number of halogens is 3. The monoisotopic (exact) mass is 295 g/mol. The van der Waals surface area contributed by atoms with Crippen LogP contribution in [0.25, 0.3) is 0 Å². The van der Waals surface area contributed by atoms with Gasteiger partial charge in [-0.05, 0) is 15.9 Å². The number of pyridine rings is 1. The molecule has 1 heterocycles. The lowest BCUT2D eigenvalue weighted by atomic mass is 10.3. The lowest BCUT2D eigenvalue weighted by Crippen LogP contribution is -2.25. The van der Waals surface area contributed by atoms with Gasteiger partial charge in [0.05, 0.1) is 11.5 Å². The van der Waals surface area contributed by atoms with Gasteiger partial charge in [0.2, 0.25) is 5.82 Å². The Morgan fingerprint density at radius 2 is 2.31 bits per heavy atom. The predicted octanol–water partition coefficient (Wildman–Crippen LogP) is 2.45. The number of aromatic nitrogens is 1. The summed E-state index contributed by atoms with van der Waals surface area (Å²) < 4.78 is 24.7. The molecule has 8 heteroatoms. The zero-order valence-electron chi connectivity index (χ0n) is 8.23. The van der Waals surface area contributed by atoms with Crippen LogP contribution < -0.4 is 4.90 Å². The van der Waals surface area contributed by atoms with Crippen molar-refractivity contribution in [1.82, 2.24) is 4.98 Å². The van der Waals surface area contributed by atoms with Crippen molar-refractivity contribution >= 4 is 27.4 Å². The van der Waals surface area contributed by atoms with Gasteiger partial charge < -0.3 is 4.90 Å². The molecular weight excluding hydrogens is 288 g/mol. The number of hydrogen-bond acceptors (Lipinski definition) is 4. The molecule has 88 valence electrons. The van der Waals surface area contributed by atoms with Crippen molar-refractivity contribution in [2.45, 2.75) is 6.43 Å². The van der Waals surface area contributed by atoms with Crippen molar-refractivity contribution < 1.29 is 13.7 Å². The minimum atomic E-state index is -2.57. The van der Waals surface area contributed by atoms with Gasteiger partial charge in [-0.1, -0.05) is 0 Å². The Labute approximate surface area is 98.4 Å². The molecule has 0 fully saturated rings. The summed E-state index contributed by atoms with van der Waals surface area (Å²) in [6.45, 7) is -0.602. The molecule has 5 nitrogen and oxygen atoms in total. The number of anilines is 1. The molecule has 1 aromatic rings. The van der Waals surface area contributed by atoms with Gasteiger partial charge in [-0.15, -0.1) is 0 Å². The lowest BCUT2D eigenvalue weighted by molar-refractivity contribution is -0.384. The average molecular weight is 296 g/mol. The summed E-state index contributed by atoms with van der Waals surface area (Å²) in [5, 5.41) is 10.7. The first-order chi connectivity index (χ1) is 7.41. The van der Waals surface area contributed by atoms with Crippen LogP contribution in [0.1, 0.15) is 0 Å². The van der Waals surface area contributed by atoms with Gasteiger partial charge in [-0.3, -0.25) is 10.1 Å². The van der Waals surface area contributed by atoms with E-state index in [1.54, 1.807) is 0 Å². The molecule has 0 aromatic carbocycles. The molecule has 0 unspecified atom stereocenters. The number of nitro groups is 1. The summed E-state index contributed by atoms with van der Waals surface area (Å²) in [7, 11) is 1.33. The van der Waals surface area contributed by atoms with Crippen molar-refractivity contribution in [3.05, 3.63) is 26.9 Å². The second-order valence-electron chi connectivity index (χ2n) is 3.02. The van der Waals surface area contributed by atoms with Crippen LogP contribution in [0.3, 0.4) is 0 Å². The summed E-state index contributed by atoms with van der Waals surface area (Å²) >= 11 is 3.03. The zero-order valence-corrected chi connectivity index (χ0v) is 9.82. The van der Waals surface area contributed by atoms with Crippen LogP contribution in [-0.2, 0) is 0 Å². The second-order valence-corrected chi connectivity index (χ2v) is 3.94. The van der Waals surface area contributed by atoms with Crippen molar-refractivity contribution in [3.63, 3.8) is 0 Å². The molecule has 0 bridgehead atoms. The molecule has 1 aromatic heterocycles. The molecule has 0 N–H and O–H groups in total. The van der Waals surface area contributed by atoms with Gasteiger partial charge >= 0.3 is 5.69 Å². The topological polar surface area (TPSA) is 59.3 Å². The minimum Gasteiger partial charge on any atom is -0.348 e. The molecular formula is C8H8BrF2N3O2. The fourth-order valence-electron chi connectivity index (χ4n) is 1.14. The van der Waals surface area contributed by atoms with Gasteiger partial charge in [-0.25, -0.2) is 13.8 Å². The van der Waals surface area contributed by atoms with Gasteiger partial charge in [0.15, 0.2) is 0 Å². The van der Waals surface area contributed by atoms with E-state index in [1.165, 1.54) is 19.3 Å². The van der Waals surface area contributed by atoms with E-state index in [-0.39, 0.29) is 11.5 Å². The SMILES string of the molecule is CN(CC(F)F)c1ncc(Br)cc1[N+](=O)[O-]. The third kappa shape index (κ3) is 3.09. The van der Waals surface area contributed by atoms with E-state index in [4.69, 9.17) is 0 Å². The number of nitrogens with zero attached hydrogens (tertiary/aromatic N) is 3. The van der Waals surface area contributed by atoms with Crippen LogP contribution in [0, 0.1) is 10.1 Å². The molecule has 0 saturated carbocycles. The highest BCUT2D eigenvalue weighted by Gasteiger charge is 2.21. The predicted molar refractivity (Wildman–Crippen MR) is 57.9 cm³/mol. The summed E-state index contributed by atoms with van der Waals surface area (Å²) in [4.78, 5) is 14.8. The van der Waals surface area contributed by atoms with Crippen LogP contribution in [0.5, 0.6) is 0 Å². The number of rotatable bonds is 4. The molecule has 0 aliphatic carbocycles. The van der Waals surface area contributed by atoms with Crippen LogP contribution in [0.4, 0.5) is 20.3 Å².